The van der Waals surface area contributed by atoms with Crippen molar-refractivity contribution in [3.8, 4) is 5.69 Å². The van der Waals surface area contributed by atoms with E-state index in [0.29, 0.717) is 36.0 Å². The maximum absolute atomic E-state index is 12.9. The van der Waals surface area contributed by atoms with Crippen molar-refractivity contribution in [3.63, 3.8) is 0 Å². The van der Waals surface area contributed by atoms with Crippen molar-refractivity contribution in [2.24, 2.45) is 0 Å². The van der Waals surface area contributed by atoms with Gasteiger partial charge in [0.1, 0.15) is 6.04 Å². The van der Waals surface area contributed by atoms with Gasteiger partial charge in [0, 0.05) is 37.2 Å². The molecule has 2 amide bonds. The number of nitrogens with zero attached hydrogens (tertiary/aromatic N) is 5. The number of non-ortho nitro benzene ring substituents is 1. The summed E-state index contributed by atoms with van der Waals surface area (Å²) in [4.78, 5) is 39.3. The van der Waals surface area contributed by atoms with E-state index in [1.807, 2.05) is 13.8 Å². The molecule has 0 saturated carbocycles. The van der Waals surface area contributed by atoms with Crippen LogP contribution < -0.4 is 0 Å². The number of benzene rings is 1. The molecule has 9 nitrogen and oxygen atoms in total. The van der Waals surface area contributed by atoms with Crippen LogP contribution in [0.5, 0.6) is 0 Å². The number of nitro benzene ring substituents is 1. The van der Waals surface area contributed by atoms with Gasteiger partial charge in [-0.1, -0.05) is 0 Å². The highest BCUT2D eigenvalue weighted by Gasteiger charge is 2.37. The molecule has 1 aromatic carbocycles. The highest BCUT2D eigenvalue weighted by atomic mass is 32.2. The van der Waals surface area contributed by atoms with Crippen LogP contribution in [0.3, 0.4) is 0 Å². The van der Waals surface area contributed by atoms with Crippen LogP contribution in [0.15, 0.2) is 36.7 Å². The molecule has 2 aromatic rings. The second kappa shape index (κ2) is 8.42. The predicted octanol–water partition coefficient (Wildman–Crippen LogP) is 2.16. The Morgan fingerprint density at radius 3 is 2.57 bits per heavy atom. The van der Waals surface area contributed by atoms with Crippen LogP contribution in [-0.2, 0) is 4.79 Å². The smallest absolute Gasteiger partial charge is 0.269 e. The van der Waals surface area contributed by atoms with Crippen LogP contribution in [0.1, 0.15) is 24.2 Å². The standard InChI is InChI=1S/C18H21N5O4S/c1-3-20(4-2)18(25)16-11-28-12-21(16)17(24)13-9-19-22(10-13)14-5-7-15(8-6-14)23(26)27/h5-10,16H,3-4,11-12H2,1-2H3/t16-/m1/s1. The topological polar surface area (TPSA) is 102 Å². The van der Waals surface area contributed by atoms with E-state index in [4.69, 9.17) is 0 Å². The molecule has 0 unspecified atom stereocenters. The van der Waals surface area contributed by atoms with Crippen molar-refractivity contribution in [2.45, 2.75) is 19.9 Å². The van der Waals surface area contributed by atoms with Crippen molar-refractivity contribution in [1.82, 2.24) is 19.6 Å². The Morgan fingerprint density at radius 2 is 1.96 bits per heavy atom. The SMILES string of the molecule is CCN(CC)C(=O)[C@H]1CSCN1C(=O)c1cnn(-c2ccc([N+](=O)[O-])cc2)c1. The van der Waals surface area contributed by atoms with Gasteiger partial charge in [0.05, 0.1) is 28.2 Å². The number of aromatic nitrogens is 2. The van der Waals surface area contributed by atoms with E-state index in [1.165, 1.54) is 23.0 Å². The fourth-order valence-electron chi connectivity index (χ4n) is 3.06. The fraction of sp³-hybridized carbons (Fsp3) is 0.389. The Morgan fingerprint density at radius 1 is 1.29 bits per heavy atom. The Kier molecular flexibility index (Phi) is 5.98. The van der Waals surface area contributed by atoms with E-state index in [2.05, 4.69) is 5.10 Å². The number of hydrogen-bond acceptors (Lipinski definition) is 6. The fourth-order valence-corrected chi connectivity index (χ4v) is 4.21. The molecule has 0 radical (unpaired) electrons. The summed E-state index contributed by atoms with van der Waals surface area (Å²) in [6, 6.07) is 5.43. The molecule has 0 N–H and O–H groups in total. The van der Waals surface area contributed by atoms with Gasteiger partial charge >= 0.3 is 0 Å². The van der Waals surface area contributed by atoms with E-state index in [-0.39, 0.29) is 17.5 Å². The number of carbonyl (C=O) groups is 2. The first kappa shape index (κ1) is 19.9. The third-order valence-electron chi connectivity index (χ3n) is 4.66. The number of nitro groups is 1. The molecule has 148 valence electrons. The summed E-state index contributed by atoms with van der Waals surface area (Å²) < 4.78 is 1.49. The van der Waals surface area contributed by atoms with Crippen LogP contribution in [-0.4, -0.2) is 67.1 Å². The molecule has 1 aliphatic rings. The Balaban J connectivity index is 1.77. The maximum Gasteiger partial charge on any atom is 0.269 e. The molecule has 0 spiro atoms. The summed E-state index contributed by atoms with van der Waals surface area (Å²) in [5, 5.41) is 15.0. The van der Waals surface area contributed by atoms with Crippen molar-refractivity contribution < 1.29 is 14.5 Å². The minimum atomic E-state index is -0.472. The lowest BCUT2D eigenvalue weighted by Gasteiger charge is -2.28. The number of thioether (sulfide) groups is 1. The summed E-state index contributed by atoms with van der Waals surface area (Å²) >= 11 is 1.55. The van der Waals surface area contributed by atoms with Gasteiger partial charge < -0.3 is 9.80 Å². The van der Waals surface area contributed by atoms with Crippen LogP contribution in [0.25, 0.3) is 5.69 Å². The number of carbonyl (C=O) groups excluding carboxylic acids is 2. The number of rotatable bonds is 6. The number of hydrogen-bond donors (Lipinski definition) is 0. The first-order chi connectivity index (χ1) is 13.5. The van der Waals surface area contributed by atoms with Gasteiger partial charge in [0.2, 0.25) is 5.91 Å². The van der Waals surface area contributed by atoms with Crippen LogP contribution in [0.2, 0.25) is 0 Å². The summed E-state index contributed by atoms with van der Waals surface area (Å²) in [6.07, 6.45) is 3.02. The second-order valence-electron chi connectivity index (χ2n) is 6.25. The lowest BCUT2D eigenvalue weighted by molar-refractivity contribution is -0.384. The molecule has 3 rings (SSSR count). The lowest BCUT2D eigenvalue weighted by Crippen LogP contribution is -2.48. The summed E-state index contributed by atoms with van der Waals surface area (Å²) in [5.41, 5.74) is 0.966. The van der Waals surface area contributed by atoms with Gasteiger partial charge in [-0.25, -0.2) is 4.68 Å². The van der Waals surface area contributed by atoms with Crippen molar-refractivity contribution in [2.75, 3.05) is 24.7 Å². The maximum atomic E-state index is 12.9. The Labute approximate surface area is 166 Å². The normalized spacial score (nSPS) is 16.2. The molecule has 2 heterocycles. The molecule has 1 saturated heterocycles. The van der Waals surface area contributed by atoms with Gasteiger partial charge in [0.25, 0.3) is 11.6 Å². The zero-order chi connectivity index (χ0) is 20.3. The minimum Gasteiger partial charge on any atom is -0.341 e. The zero-order valence-corrected chi connectivity index (χ0v) is 16.5. The predicted molar refractivity (Wildman–Crippen MR) is 105 cm³/mol. The van der Waals surface area contributed by atoms with E-state index < -0.39 is 11.0 Å². The lowest BCUT2D eigenvalue weighted by atomic mass is 10.2. The van der Waals surface area contributed by atoms with Gasteiger partial charge in [-0.15, -0.1) is 11.8 Å². The molecule has 1 atom stereocenters. The summed E-state index contributed by atoms with van der Waals surface area (Å²) in [7, 11) is 0. The average molecular weight is 403 g/mol. The van der Waals surface area contributed by atoms with Crippen LogP contribution >= 0.6 is 11.8 Å². The molecule has 10 heteroatoms. The summed E-state index contributed by atoms with van der Waals surface area (Å²) in [5.74, 6) is 0.756. The van der Waals surface area contributed by atoms with Gasteiger partial charge in [-0.3, -0.25) is 19.7 Å². The van der Waals surface area contributed by atoms with E-state index >= 15 is 0 Å². The highest BCUT2D eigenvalue weighted by molar-refractivity contribution is 7.99. The second-order valence-corrected chi connectivity index (χ2v) is 7.25. The van der Waals surface area contributed by atoms with Gasteiger partial charge in [-0.2, -0.15) is 5.10 Å². The molecule has 1 fully saturated rings. The van der Waals surface area contributed by atoms with Crippen molar-refractivity contribution in [1.29, 1.82) is 0 Å². The number of amides is 2. The third kappa shape index (κ3) is 3.86. The van der Waals surface area contributed by atoms with E-state index in [9.17, 15) is 19.7 Å². The minimum absolute atomic E-state index is 0.0148. The molecule has 28 heavy (non-hydrogen) atoms. The van der Waals surface area contributed by atoms with E-state index in [1.54, 1.807) is 39.9 Å². The molecule has 0 aliphatic carbocycles. The Hall–Kier alpha value is -2.88. The first-order valence-corrected chi connectivity index (χ1v) is 10.1. The third-order valence-corrected chi connectivity index (χ3v) is 5.67. The van der Waals surface area contributed by atoms with Gasteiger partial charge in [-0.05, 0) is 26.0 Å². The van der Waals surface area contributed by atoms with Crippen molar-refractivity contribution >= 4 is 29.3 Å². The summed E-state index contributed by atoms with van der Waals surface area (Å²) in [6.45, 7) is 5.06. The molecule has 1 aromatic heterocycles. The van der Waals surface area contributed by atoms with Crippen LogP contribution in [0, 0.1) is 10.1 Å². The molecular weight excluding hydrogens is 382 g/mol. The molecule has 0 bridgehead atoms. The zero-order valence-electron chi connectivity index (χ0n) is 15.6. The number of likely N-dealkylation sites (N-methyl/N-ethyl adjacent to an activating group) is 1. The van der Waals surface area contributed by atoms with Crippen LogP contribution in [0.4, 0.5) is 5.69 Å². The monoisotopic (exact) mass is 403 g/mol. The Bertz CT molecular complexity index is 878. The largest absolute Gasteiger partial charge is 0.341 e. The van der Waals surface area contributed by atoms with Gasteiger partial charge in [0.15, 0.2) is 0 Å². The highest BCUT2D eigenvalue weighted by Crippen LogP contribution is 2.25. The quantitative estimate of drug-likeness (QED) is 0.541. The molecule has 1 aliphatic heterocycles. The average Bonchev–Trinajstić information content (AvgIpc) is 3.38. The van der Waals surface area contributed by atoms with E-state index in [0.717, 1.165) is 0 Å². The first-order valence-electron chi connectivity index (χ1n) is 8.93. The molecular formula is C18H21N5O4S. The van der Waals surface area contributed by atoms with Crippen molar-refractivity contribution in [3.05, 3.63) is 52.3 Å².